The molecule has 0 aliphatic carbocycles. The molecule has 0 unspecified atom stereocenters. The Balaban J connectivity index is 1.51. The first-order chi connectivity index (χ1) is 9.79. The Morgan fingerprint density at radius 2 is 2.00 bits per heavy atom. The highest BCUT2D eigenvalue weighted by molar-refractivity contribution is 7.07. The number of aromatic nitrogens is 1. The van der Waals surface area contributed by atoms with E-state index in [1.165, 1.54) is 18.5 Å². The lowest BCUT2D eigenvalue weighted by Crippen LogP contribution is -2.30. The second-order valence-electron chi connectivity index (χ2n) is 5.47. The van der Waals surface area contributed by atoms with Gasteiger partial charge in [-0.3, -0.25) is 9.80 Å². The molecule has 108 valence electrons. The summed E-state index contributed by atoms with van der Waals surface area (Å²) in [7, 11) is 0. The number of thiophene rings is 1. The predicted molar refractivity (Wildman–Crippen MR) is 80.7 cm³/mol. The zero-order chi connectivity index (χ0) is 13.8. The topological polar surface area (TPSA) is 32.5 Å². The standard InChI is InChI=1S/C15H21N3OS/c1-13-9-15(16-19-13)11-18-5-2-4-17(6-7-18)10-14-3-8-20-12-14/h3,8-9,12H,2,4-7,10-11H2,1H3. The van der Waals surface area contributed by atoms with Crippen LogP contribution in [0.25, 0.3) is 0 Å². The first kappa shape index (κ1) is 13.8. The van der Waals surface area contributed by atoms with Crippen LogP contribution in [0.1, 0.15) is 23.4 Å². The predicted octanol–water partition coefficient (Wildman–Crippen LogP) is 2.75. The van der Waals surface area contributed by atoms with Crippen molar-refractivity contribution in [1.29, 1.82) is 0 Å². The van der Waals surface area contributed by atoms with E-state index in [0.717, 1.165) is 44.2 Å². The van der Waals surface area contributed by atoms with Gasteiger partial charge in [0.05, 0.1) is 5.69 Å². The summed E-state index contributed by atoms with van der Waals surface area (Å²) in [6, 6.07) is 4.26. The maximum atomic E-state index is 5.14. The molecule has 4 nitrogen and oxygen atoms in total. The van der Waals surface area contributed by atoms with Crippen LogP contribution in [0.3, 0.4) is 0 Å². The van der Waals surface area contributed by atoms with Gasteiger partial charge in [0, 0.05) is 32.2 Å². The number of aryl methyl sites for hydroxylation is 1. The van der Waals surface area contributed by atoms with Crippen LogP contribution in [0.2, 0.25) is 0 Å². The van der Waals surface area contributed by atoms with Gasteiger partial charge in [0.15, 0.2) is 0 Å². The summed E-state index contributed by atoms with van der Waals surface area (Å²) in [6.07, 6.45) is 1.22. The molecule has 0 N–H and O–H groups in total. The van der Waals surface area contributed by atoms with E-state index in [1.807, 2.05) is 13.0 Å². The third-order valence-corrected chi connectivity index (χ3v) is 4.46. The van der Waals surface area contributed by atoms with Crippen molar-refractivity contribution in [1.82, 2.24) is 15.0 Å². The van der Waals surface area contributed by atoms with Crippen molar-refractivity contribution in [2.45, 2.75) is 26.4 Å². The van der Waals surface area contributed by atoms with E-state index in [1.54, 1.807) is 11.3 Å². The Morgan fingerprint density at radius 3 is 2.65 bits per heavy atom. The van der Waals surface area contributed by atoms with Gasteiger partial charge in [-0.25, -0.2) is 0 Å². The average Bonchev–Trinajstić information content (AvgIpc) is 3.01. The number of hydrogen-bond donors (Lipinski definition) is 0. The lowest BCUT2D eigenvalue weighted by molar-refractivity contribution is 0.242. The molecule has 0 radical (unpaired) electrons. The van der Waals surface area contributed by atoms with Crippen LogP contribution in [0.5, 0.6) is 0 Å². The molecule has 2 aromatic heterocycles. The minimum absolute atomic E-state index is 0.897. The van der Waals surface area contributed by atoms with E-state index in [-0.39, 0.29) is 0 Å². The molecule has 0 saturated carbocycles. The molecule has 3 rings (SSSR count). The van der Waals surface area contributed by atoms with E-state index < -0.39 is 0 Å². The second-order valence-corrected chi connectivity index (χ2v) is 6.25. The maximum Gasteiger partial charge on any atom is 0.133 e. The van der Waals surface area contributed by atoms with E-state index >= 15 is 0 Å². The molecule has 3 heterocycles. The largest absolute Gasteiger partial charge is 0.361 e. The highest BCUT2D eigenvalue weighted by Gasteiger charge is 2.16. The molecule has 1 saturated heterocycles. The minimum atomic E-state index is 0.897. The van der Waals surface area contributed by atoms with Crippen LogP contribution < -0.4 is 0 Å². The Kier molecular flexibility index (Phi) is 4.50. The molecule has 2 aromatic rings. The third kappa shape index (κ3) is 3.69. The fourth-order valence-corrected chi connectivity index (χ4v) is 3.36. The van der Waals surface area contributed by atoms with E-state index in [4.69, 9.17) is 4.52 Å². The summed E-state index contributed by atoms with van der Waals surface area (Å²) < 4.78 is 5.14. The van der Waals surface area contributed by atoms with Gasteiger partial charge in [0.2, 0.25) is 0 Å². The van der Waals surface area contributed by atoms with Crippen molar-refractivity contribution in [2.75, 3.05) is 26.2 Å². The first-order valence-corrected chi connectivity index (χ1v) is 8.12. The summed E-state index contributed by atoms with van der Waals surface area (Å²) in [5.74, 6) is 0.897. The average molecular weight is 291 g/mol. The molecule has 0 aromatic carbocycles. The van der Waals surface area contributed by atoms with Crippen LogP contribution in [-0.4, -0.2) is 41.1 Å². The Hall–Kier alpha value is -1.17. The van der Waals surface area contributed by atoms with Gasteiger partial charge in [0.25, 0.3) is 0 Å². The van der Waals surface area contributed by atoms with E-state index in [2.05, 4.69) is 31.8 Å². The van der Waals surface area contributed by atoms with E-state index in [9.17, 15) is 0 Å². The molecule has 1 aliphatic heterocycles. The van der Waals surface area contributed by atoms with Crippen molar-refractivity contribution < 1.29 is 4.52 Å². The van der Waals surface area contributed by atoms with Gasteiger partial charge < -0.3 is 4.52 Å². The van der Waals surface area contributed by atoms with Crippen molar-refractivity contribution in [3.63, 3.8) is 0 Å². The molecule has 1 fully saturated rings. The Morgan fingerprint density at radius 1 is 1.20 bits per heavy atom. The highest BCUT2D eigenvalue weighted by Crippen LogP contribution is 2.13. The van der Waals surface area contributed by atoms with Gasteiger partial charge >= 0.3 is 0 Å². The lowest BCUT2D eigenvalue weighted by atomic mass is 10.3. The molecular weight excluding hydrogens is 270 g/mol. The fraction of sp³-hybridized carbons (Fsp3) is 0.533. The van der Waals surface area contributed by atoms with Gasteiger partial charge in [-0.1, -0.05) is 5.16 Å². The van der Waals surface area contributed by atoms with Crippen LogP contribution in [0, 0.1) is 6.92 Å². The van der Waals surface area contributed by atoms with Gasteiger partial charge in [-0.15, -0.1) is 0 Å². The smallest absolute Gasteiger partial charge is 0.133 e. The first-order valence-electron chi connectivity index (χ1n) is 7.17. The molecule has 1 aliphatic rings. The van der Waals surface area contributed by atoms with Gasteiger partial charge in [-0.05, 0) is 48.8 Å². The highest BCUT2D eigenvalue weighted by atomic mass is 32.1. The number of hydrogen-bond acceptors (Lipinski definition) is 5. The van der Waals surface area contributed by atoms with Gasteiger partial charge in [0.1, 0.15) is 5.76 Å². The van der Waals surface area contributed by atoms with Crippen LogP contribution in [0.15, 0.2) is 27.4 Å². The molecule has 5 heteroatoms. The summed E-state index contributed by atoms with van der Waals surface area (Å²) in [5, 5.41) is 8.50. The molecule has 0 bridgehead atoms. The number of rotatable bonds is 4. The SMILES string of the molecule is Cc1cc(CN2CCCN(Cc3ccsc3)CC2)no1. The molecule has 0 spiro atoms. The Labute approximate surface area is 124 Å². The normalized spacial score (nSPS) is 18.2. The van der Waals surface area contributed by atoms with Crippen molar-refractivity contribution in [2.24, 2.45) is 0 Å². The summed E-state index contributed by atoms with van der Waals surface area (Å²) in [6.45, 7) is 8.50. The van der Waals surface area contributed by atoms with Crippen molar-refractivity contribution in [3.05, 3.63) is 39.9 Å². The minimum Gasteiger partial charge on any atom is -0.361 e. The Bertz CT molecular complexity index is 523. The van der Waals surface area contributed by atoms with Crippen LogP contribution in [0.4, 0.5) is 0 Å². The zero-order valence-electron chi connectivity index (χ0n) is 11.9. The van der Waals surface area contributed by atoms with Crippen LogP contribution in [-0.2, 0) is 13.1 Å². The van der Waals surface area contributed by atoms with Crippen molar-refractivity contribution in [3.8, 4) is 0 Å². The maximum absolute atomic E-state index is 5.14. The second kappa shape index (κ2) is 6.52. The van der Waals surface area contributed by atoms with Crippen molar-refractivity contribution >= 4 is 11.3 Å². The van der Waals surface area contributed by atoms with E-state index in [0.29, 0.717) is 0 Å². The zero-order valence-corrected chi connectivity index (χ0v) is 12.7. The summed E-state index contributed by atoms with van der Waals surface area (Å²) in [5.41, 5.74) is 2.49. The summed E-state index contributed by atoms with van der Waals surface area (Å²) in [4.78, 5) is 5.03. The quantitative estimate of drug-likeness (QED) is 0.867. The lowest BCUT2D eigenvalue weighted by Gasteiger charge is -2.20. The monoisotopic (exact) mass is 291 g/mol. The molecule has 20 heavy (non-hydrogen) atoms. The third-order valence-electron chi connectivity index (χ3n) is 3.73. The molecule has 0 amide bonds. The van der Waals surface area contributed by atoms with Gasteiger partial charge in [-0.2, -0.15) is 11.3 Å². The summed E-state index contributed by atoms with van der Waals surface area (Å²) >= 11 is 1.78. The fourth-order valence-electron chi connectivity index (χ4n) is 2.70. The molecular formula is C15H21N3OS. The number of nitrogens with zero attached hydrogens (tertiary/aromatic N) is 3. The van der Waals surface area contributed by atoms with Crippen LogP contribution >= 0.6 is 11.3 Å². The molecule has 0 atom stereocenters.